The molecule has 0 saturated heterocycles. The zero-order chi connectivity index (χ0) is 12.0. The molecule has 0 aromatic carbocycles. The third kappa shape index (κ3) is 3.85. The van der Waals surface area contributed by atoms with Gasteiger partial charge in [-0.05, 0) is 19.3 Å². The van der Waals surface area contributed by atoms with E-state index in [-0.39, 0.29) is 0 Å². The van der Waals surface area contributed by atoms with Crippen LogP contribution in [0.1, 0.15) is 43.5 Å². The van der Waals surface area contributed by atoms with Gasteiger partial charge in [-0.3, -0.25) is 0 Å². The molecule has 0 fully saturated rings. The van der Waals surface area contributed by atoms with Gasteiger partial charge < -0.3 is 10.4 Å². The number of aliphatic hydroxyl groups is 1. The number of rotatable bonds is 7. The normalized spacial score (nSPS) is 12.0. The lowest BCUT2D eigenvalue weighted by Gasteiger charge is -2.25. The predicted octanol–water partition coefficient (Wildman–Crippen LogP) is 2.35. The molecule has 3 nitrogen and oxygen atoms in total. The van der Waals surface area contributed by atoms with E-state index in [9.17, 15) is 5.11 Å². The third-order valence-electron chi connectivity index (χ3n) is 2.97. The Kier molecular flexibility index (Phi) is 5.38. The molecule has 0 bridgehead atoms. The zero-order valence-corrected chi connectivity index (χ0v) is 11.2. The SMILES string of the molecule is CCc1ncc(CNCC(O)(CC)CC)s1. The fourth-order valence-electron chi connectivity index (χ4n) is 1.51. The maximum Gasteiger partial charge on any atom is 0.0925 e. The van der Waals surface area contributed by atoms with Crippen molar-refractivity contribution in [3.8, 4) is 0 Å². The van der Waals surface area contributed by atoms with Crippen LogP contribution >= 0.6 is 11.3 Å². The van der Waals surface area contributed by atoms with Gasteiger partial charge >= 0.3 is 0 Å². The third-order valence-corrected chi connectivity index (χ3v) is 4.12. The van der Waals surface area contributed by atoms with Crippen LogP contribution in [0.15, 0.2) is 6.20 Å². The molecular weight excluding hydrogens is 220 g/mol. The highest BCUT2D eigenvalue weighted by Gasteiger charge is 2.21. The van der Waals surface area contributed by atoms with Crippen LogP contribution < -0.4 is 5.32 Å². The average Bonchev–Trinajstić information content (AvgIpc) is 2.77. The van der Waals surface area contributed by atoms with Crippen molar-refractivity contribution in [1.29, 1.82) is 0 Å². The van der Waals surface area contributed by atoms with Gasteiger partial charge in [-0.15, -0.1) is 11.3 Å². The molecule has 0 aliphatic carbocycles. The first-order valence-electron chi connectivity index (χ1n) is 6.00. The number of nitrogens with one attached hydrogen (secondary N) is 1. The lowest BCUT2D eigenvalue weighted by Crippen LogP contribution is -2.39. The summed E-state index contributed by atoms with van der Waals surface area (Å²) < 4.78 is 0. The molecule has 0 radical (unpaired) electrons. The fraction of sp³-hybridized carbons (Fsp3) is 0.750. The highest BCUT2D eigenvalue weighted by atomic mass is 32.1. The van der Waals surface area contributed by atoms with Crippen molar-refractivity contribution < 1.29 is 5.11 Å². The Labute approximate surface area is 102 Å². The summed E-state index contributed by atoms with van der Waals surface area (Å²) >= 11 is 1.74. The number of nitrogens with zero attached hydrogens (tertiary/aromatic N) is 1. The highest BCUT2D eigenvalue weighted by Crippen LogP contribution is 2.15. The van der Waals surface area contributed by atoms with Gasteiger partial charge in [0.1, 0.15) is 0 Å². The highest BCUT2D eigenvalue weighted by molar-refractivity contribution is 7.11. The molecule has 92 valence electrons. The zero-order valence-electron chi connectivity index (χ0n) is 10.4. The van der Waals surface area contributed by atoms with Crippen molar-refractivity contribution in [3.05, 3.63) is 16.1 Å². The molecule has 16 heavy (non-hydrogen) atoms. The minimum atomic E-state index is -0.557. The van der Waals surface area contributed by atoms with Crippen LogP contribution in [0.2, 0.25) is 0 Å². The molecule has 0 spiro atoms. The minimum absolute atomic E-state index is 0.557. The Morgan fingerprint density at radius 1 is 1.38 bits per heavy atom. The smallest absolute Gasteiger partial charge is 0.0925 e. The second-order valence-corrected chi connectivity index (χ2v) is 5.31. The van der Waals surface area contributed by atoms with Crippen LogP contribution in [0, 0.1) is 0 Å². The lowest BCUT2D eigenvalue weighted by atomic mass is 9.98. The predicted molar refractivity (Wildman–Crippen MR) is 68.7 cm³/mol. The standard InChI is InChI=1S/C12H22N2OS/c1-4-11-14-8-10(16-11)7-13-9-12(15,5-2)6-3/h8,13,15H,4-7,9H2,1-3H3. The van der Waals surface area contributed by atoms with E-state index < -0.39 is 5.60 Å². The first kappa shape index (κ1) is 13.6. The molecule has 1 heterocycles. The number of aryl methyl sites for hydroxylation is 1. The second kappa shape index (κ2) is 6.33. The summed E-state index contributed by atoms with van der Waals surface area (Å²) in [5, 5.41) is 14.6. The van der Waals surface area contributed by atoms with E-state index >= 15 is 0 Å². The van der Waals surface area contributed by atoms with Crippen LogP contribution in [0.4, 0.5) is 0 Å². The summed E-state index contributed by atoms with van der Waals surface area (Å²) in [4.78, 5) is 5.55. The Balaban J connectivity index is 2.35. The molecule has 1 aromatic rings. The van der Waals surface area contributed by atoms with E-state index in [1.54, 1.807) is 11.3 Å². The van der Waals surface area contributed by atoms with Crippen LogP contribution in [0.25, 0.3) is 0 Å². The Bertz CT molecular complexity index is 308. The van der Waals surface area contributed by atoms with Crippen molar-refractivity contribution in [3.63, 3.8) is 0 Å². The maximum atomic E-state index is 10.1. The van der Waals surface area contributed by atoms with Crippen molar-refractivity contribution in [2.45, 2.75) is 52.2 Å². The largest absolute Gasteiger partial charge is 0.389 e. The molecule has 0 aliphatic rings. The molecule has 0 saturated carbocycles. The molecule has 1 rings (SSSR count). The van der Waals surface area contributed by atoms with Gasteiger partial charge in [0.15, 0.2) is 0 Å². The summed E-state index contributed by atoms with van der Waals surface area (Å²) in [6.07, 6.45) is 4.50. The van der Waals surface area contributed by atoms with Crippen molar-refractivity contribution in [1.82, 2.24) is 10.3 Å². The summed E-state index contributed by atoms with van der Waals surface area (Å²) in [6, 6.07) is 0. The molecule has 0 atom stereocenters. The van der Waals surface area contributed by atoms with E-state index in [1.165, 1.54) is 9.88 Å². The fourth-order valence-corrected chi connectivity index (χ4v) is 2.34. The van der Waals surface area contributed by atoms with Crippen molar-refractivity contribution in [2.24, 2.45) is 0 Å². The molecular formula is C12H22N2OS. The van der Waals surface area contributed by atoms with E-state index in [0.29, 0.717) is 6.54 Å². The number of hydrogen-bond acceptors (Lipinski definition) is 4. The quantitative estimate of drug-likeness (QED) is 0.771. The first-order valence-corrected chi connectivity index (χ1v) is 6.82. The van der Waals surface area contributed by atoms with Crippen LogP contribution in [0.3, 0.4) is 0 Å². The maximum absolute atomic E-state index is 10.1. The van der Waals surface area contributed by atoms with E-state index in [0.717, 1.165) is 25.8 Å². The van der Waals surface area contributed by atoms with E-state index in [1.807, 2.05) is 20.0 Å². The summed E-state index contributed by atoms with van der Waals surface area (Å²) in [7, 11) is 0. The molecule has 1 aromatic heterocycles. The van der Waals surface area contributed by atoms with E-state index in [4.69, 9.17) is 0 Å². The number of aromatic nitrogens is 1. The van der Waals surface area contributed by atoms with Gasteiger partial charge in [0.05, 0.1) is 10.6 Å². The van der Waals surface area contributed by atoms with E-state index in [2.05, 4.69) is 17.2 Å². The van der Waals surface area contributed by atoms with Gasteiger partial charge in [0.25, 0.3) is 0 Å². The van der Waals surface area contributed by atoms with Crippen LogP contribution in [-0.2, 0) is 13.0 Å². The lowest BCUT2D eigenvalue weighted by molar-refractivity contribution is 0.0323. The molecule has 4 heteroatoms. The molecule has 2 N–H and O–H groups in total. The summed E-state index contributed by atoms with van der Waals surface area (Å²) in [6.45, 7) is 7.61. The molecule has 0 unspecified atom stereocenters. The van der Waals surface area contributed by atoms with Gasteiger partial charge in [-0.2, -0.15) is 0 Å². The Hall–Kier alpha value is -0.450. The number of thiazole rings is 1. The van der Waals surface area contributed by atoms with Gasteiger partial charge in [-0.25, -0.2) is 4.98 Å². The van der Waals surface area contributed by atoms with Crippen LogP contribution in [0.5, 0.6) is 0 Å². The average molecular weight is 242 g/mol. The summed E-state index contributed by atoms with van der Waals surface area (Å²) in [5.74, 6) is 0. The first-order chi connectivity index (χ1) is 7.63. The topological polar surface area (TPSA) is 45.2 Å². The monoisotopic (exact) mass is 242 g/mol. The molecule has 0 aliphatic heterocycles. The van der Waals surface area contributed by atoms with Crippen LogP contribution in [-0.4, -0.2) is 22.2 Å². The minimum Gasteiger partial charge on any atom is -0.389 e. The second-order valence-electron chi connectivity index (χ2n) is 4.11. The number of hydrogen-bond donors (Lipinski definition) is 2. The Morgan fingerprint density at radius 3 is 2.56 bits per heavy atom. The van der Waals surface area contributed by atoms with Crippen molar-refractivity contribution in [2.75, 3.05) is 6.54 Å². The Morgan fingerprint density at radius 2 is 2.06 bits per heavy atom. The van der Waals surface area contributed by atoms with Gasteiger partial charge in [-0.1, -0.05) is 20.8 Å². The molecule has 0 amide bonds. The summed E-state index contributed by atoms with van der Waals surface area (Å²) in [5.41, 5.74) is -0.557. The van der Waals surface area contributed by atoms with Crippen molar-refractivity contribution >= 4 is 11.3 Å². The van der Waals surface area contributed by atoms with Gasteiger partial charge in [0, 0.05) is 24.2 Å². The van der Waals surface area contributed by atoms with Gasteiger partial charge in [0.2, 0.25) is 0 Å².